The molecule has 0 aliphatic heterocycles. The summed E-state index contributed by atoms with van der Waals surface area (Å²) < 4.78 is 5.07. The van der Waals surface area contributed by atoms with Crippen LogP contribution in [0.3, 0.4) is 0 Å². The van der Waals surface area contributed by atoms with Gasteiger partial charge in [-0.1, -0.05) is 12.1 Å². The fourth-order valence-electron chi connectivity index (χ4n) is 1.92. The van der Waals surface area contributed by atoms with Crippen LogP contribution in [0.2, 0.25) is 0 Å². The predicted octanol–water partition coefficient (Wildman–Crippen LogP) is 2.75. The Bertz CT molecular complexity index is 499. The molecule has 1 atom stereocenters. The van der Waals surface area contributed by atoms with Gasteiger partial charge in [0.2, 0.25) is 0 Å². The molecule has 1 aromatic heterocycles. The van der Waals surface area contributed by atoms with Gasteiger partial charge in [-0.25, -0.2) is 0 Å². The summed E-state index contributed by atoms with van der Waals surface area (Å²) in [6.45, 7) is 3.87. The van der Waals surface area contributed by atoms with Gasteiger partial charge in [0, 0.05) is 37.9 Å². The van der Waals surface area contributed by atoms with E-state index in [2.05, 4.69) is 41.5 Å². The molecule has 0 spiro atoms. The van der Waals surface area contributed by atoms with E-state index in [1.54, 1.807) is 7.11 Å². The second-order valence-corrected chi connectivity index (χ2v) is 4.59. The summed E-state index contributed by atoms with van der Waals surface area (Å²) in [5, 5.41) is 4.69. The Morgan fingerprint density at radius 3 is 3.06 bits per heavy atom. The number of hydrogen-bond donors (Lipinski definition) is 1. The number of nitrogens with zero attached hydrogens (tertiary/aromatic N) is 1. The smallest absolute Gasteiger partial charge is 0.0702 e. The van der Waals surface area contributed by atoms with Crippen LogP contribution in [-0.4, -0.2) is 24.7 Å². The van der Waals surface area contributed by atoms with Crippen molar-refractivity contribution in [1.29, 1.82) is 0 Å². The lowest BCUT2D eigenvalue weighted by Crippen LogP contribution is -2.26. The lowest BCUT2D eigenvalue weighted by Gasteiger charge is -2.13. The van der Waals surface area contributed by atoms with Gasteiger partial charge in [-0.3, -0.25) is 4.98 Å². The van der Waals surface area contributed by atoms with E-state index < -0.39 is 0 Å². The number of fused-ring (bicyclic) bond motifs is 1. The van der Waals surface area contributed by atoms with Gasteiger partial charge >= 0.3 is 0 Å². The summed E-state index contributed by atoms with van der Waals surface area (Å²) >= 11 is 0. The van der Waals surface area contributed by atoms with Crippen LogP contribution in [0.4, 0.5) is 0 Å². The van der Waals surface area contributed by atoms with E-state index in [0.29, 0.717) is 6.04 Å². The molecule has 0 radical (unpaired) electrons. The van der Waals surface area contributed by atoms with Crippen LogP contribution in [0.5, 0.6) is 0 Å². The van der Waals surface area contributed by atoms with Crippen LogP contribution < -0.4 is 5.32 Å². The molecule has 0 fully saturated rings. The highest BCUT2D eigenvalue weighted by molar-refractivity contribution is 5.78. The molecule has 2 rings (SSSR count). The van der Waals surface area contributed by atoms with Crippen molar-refractivity contribution in [2.24, 2.45) is 0 Å². The summed E-state index contributed by atoms with van der Waals surface area (Å²) in [6, 6.07) is 10.9. The number of pyridine rings is 1. The lowest BCUT2D eigenvalue weighted by atomic mass is 10.1. The minimum atomic E-state index is 0.467. The Hall–Kier alpha value is -1.45. The van der Waals surface area contributed by atoms with Crippen molar-refractivity contribution in [3.8, 4) is 0 Å². The quantitative estimate of drug-likeness (QED) is 0.848. The first-order valence-electron chi connectivity index (χ1n) is 6.35. The van der Waals surface area contributed by atoms with E-state index in [0.717, 1.165) is 25.1 Å². The van der Waals surface area contributed by atoms with Crippen LogP contribution in [0.1, 0.15) is 18.9 Å². The summed E-state index contributed by atoms with van der Waals surface area (Å²) in [5.74, 6) is 0. The van der Waals surface area contributed by atoms with Crippen LogP contribution in [0, 0.1) is 0 Å². The summed E-state index contributed by atoms with van der Waals surface area (Å²) in [7, 11) is 1.74. The lowest BCUT2D eigenvalue weighted by molar-refractivity contribution is 0.184. The van der Waals surface area contributed by atoms with Gasteiger partial charge < -0.3 is 10.1 Å². The van der Waals surface area contributed by atoms with Gasteiger partial charge in [0.05, 0.1) is 5.52 Å². The molecule has 0 amide bonds. The van der Waals surface area contributed by atoms with Crippen molar-refractivity contribution in [3.63, 3.8) is 0 Å². The number of hydrogen-bond acceptors (Lipinski definition) is 3. The van der Waals surface area contributed by atoms with Crippen LogP contribution >= 0.6 is 0 Å². The van der Waals surface area contributed by atoms with Crippen LogP contribution in [0.15, 0.2) is 36.5 Å². The van der Waals surface area contributed by atoms with Crippen molar-refractivity contribution in [2.75, 3.05) is 13.7 Å². The molecular weight excluding hydrogens is 224 g/mol. The number of ether oxygens (including phenoxy) is 1. The Kier molecular flexibility index (Phi) is 4.67. The molecule has 3 nitrogen and oxygen atoms in total. The molecule has 18 heavy (non-hydrogen) atoms. The minimum absolute atomic E-state index is 0.467. The van der Waals surface area contributed by atoms with Gasteiger partial charge in [-0.05, 0) is 37.1 Å². The summed E-state index contributed by atoms with van der Waals surface area (Å²) in [5.41, 5.74) is 2.34. The van der Waals surface area contributed by atoms with E-state index in [1.165, 1.54) is 10.9 Å². The molecule has 1 heterocycles. The Balaban J connectivity index is 1.95. The number of methoxy groups -OCH3 is 1. The van der Waals surface area contributed by atoms with Gasteiger partial charge in [0.1, 0.15) is 0 Å². The highest BCUT2D eigenvalue weighted by atomic mass is 16.5. The van der Waals surface area contributed by atoms with E-state index >= 15 is 0 Å². The molecule has 0 aliphatic rings. The molecule has 2 aromatic rings. The monoisotopic (exact) mass is 244 g/mol. The van der Waals surface area contributed by atoms with E-state index in [1.807, 2.05) is 12.3 Å². The number of nitrogens with one attached hydrogen (secondary N) is 1. The minimum Gasteiger partial charge on any atom is -0.385 e. The average Bonchev–Trinajstić information content (AvgIpc) is 2.42. The van der Waals surface area contributed by atoms with Crippen molar-refractivity contribution in [3.05, 3.63) is 42.1 Å². The number of aromatic nitrogens is 1. The highest BCUT2D eigenvalue weighted by Crippen LogP contribution is 2.13. The first kappa shape index (κ1) is 13.0. The average molecular weight is 244 g/mol. The molecule has 96 valence electrons. The molecule has 0 bridgehead atoms. The van der Waals surface area contributed by atoms with Crippen molar-refractivity contribution in [2.45, 2.75) is 25.9 Å². The molecule has 1 aromatic carbocycles. The Morgan fingerprint density at radius 2 is 2.22 bits per heavy atom. The maximum atomic E-state index is 5.07. The molecule has 0 aliphatic carbocycles. The standard InChI is InChI=1S/C15H20N2O/c1-12(7-9-18-2)17-11-13-5-6-15-14(10-13)4-3-8-16-15/h3-6,8,10,12,17H,7,9,11H2,1-2H3. The third-order valence-electron chi connectivity index (χ3n) is 3.08. The topological polar surface area (TPSA) is 34.1 Å². The van der Waals surface area contributed by atoms with Gasteiger partial charge in [-0.15, -0.1) is 0 Å². The van der Waals surface area contributed by atoms with Gasteiger partial charge in [0.25, 0.3) is 0 Å². The third-order valence-corrected chi connectivity index (χ3v) is 3.08. The van der Waals surface area contributed by atoms with Crippen LogP contribution in [-0.2, 0) is 11.3 Å². The van der Waals surface area contributed by atoms with Crippen molar-refractivity contribution in [1.82, 2.24) is 10.3 Å². The Labute approximate surface area is 108 Å². The molecule has 3 heteroatoms. The summed E-state index contributed by atoms with van der Waals surface area (Å²) in [6.07, 6.45) is 2.86. The predicted molar refractivity (Wildman–Crippen MR) is 74.5 cm³/mol. The normalized spacial score (nSPS) is 12.8. The number of rotatable bonds is 6. The summed E-state index contributed by atoms with van der Waals surface area (Å²) in [4.78, 5) is 4.32. The van der Waals surface area contributed by atoms with Gasteiger partial charge in [0.15, 0.2) is 0 Å². The van der Waals surface area contributed by atoms with E-state index in [4.69, 9.17) is 4.74 Å². The SMILES string of the molecule is COCCC(C)NCc1ccc2ncccc2c1. The second-order valence-electron chi connectivity index (χ2n) is 4.59. The first-order chi connectivity index (χ1) is 8.79. The maximum Gasteiger partial charge on any atom is 0.0702 e. The molecule has 1 N–H and O–H groups in total. The molecular formula is C15H20N2O. The zero-order valence-corrected chi connectivity index (χ0v) is 11.0. The Morgan fingerprint density at radius 1 is 1.33 bits per heavy atom. The van der Waals surface area contributed by atoms with E-state index in [-0.39, 0.29) is 0 Å². The zero-order valence-electron chi connectivity index (χ0n) is 11.0. The van der Waals surface area contributed by atoms with Crippen molar-refractivity contribution < 1.29 is 4.74 Å². The molecule has 0 saturated heterocycles. The van der Waals surface area contributed by atoms with Gasteiger partial charge in [-0.2, -0.15) is 0 Å². The fourth-order valence-corrected chi connectivity index (χ4v) is 1.92. The second kappa shape index (κ2) is 6.47. The first-order valence-corrected chi connectivity index (χ1v) is 6.35. The largest absolute Gasteiger partial charge is 0.385 e. The fraction of sp³-hybridized carbons (Fsp3) is 0.400. The number of benzene rings is 1. The maximum absolute atomic E-state index is 5.07. The van der Waals surface area contributed by atoms with Crippen molar-refractivity contribution >= 4 is 10.9 Å². The molecule has 1 unspecified atom stereocenters. The van der Waals surface area contributed by atoms with Crippen LogP contribution in [0.25, 0.3) is 10.9 Å². The third kappa shape index (κ3) is 3.52. The highest BCUT2D eigenvalue weighted by Gasteiger charge is 2.02. The zero-order chi connectivity index (χ0) is 12.8. The van der Waals surface area contributed by atoms with E-state index in [9.17, 15) is 0 Å². The molecule has 0 saturated carbocycles.